The third-order valence-corrected chi connectivity index (χ3v) is 7.88. The van der Waals surface area contributed by atoms with Crippen molar-refractivity contribution in [2.24, 2.45) is 0 Å². The molecule has 2 N–H and O–H groups in total. The summed E-state index contributed by atoms with van der Waals surface area (Å²) in [4.78, 5) is 37.7. The molecule has 0 atom stereocenters. The summed E-state index contributed by atoms with van der Waals surface area (Å²) in [5, 5.41) is 15.1. The molecule has 4 rings (SSSR count). The highest BCUT2D eigenvalue weighted by atomic mass is 32.2. The lowest BCUT2D eigenvalue weighted by Crippen LogP contribution is -2.25. The number of anilines is 1. The van der Waals surface area contributed by atoms with Crippen molar-refractivity contribution in [2.45, 2.75) is 58.7 Å². The minimum Gasteiger partial charge on any atom is -0.462 e. The number of carbonyl (C=O) groups is 3. The van der Waals surface area contributed by atoms with Crippen LogP contribution in [0.4, 0.5) is 5.69 Å². The number of hydrogen-bond acceptors (Lipinski definition) is 7. The molecule has 43 heavy (non-hydrogen) atoms. The Hall–Kier alpha value is -4.44. The van der Waals surface area contributed by atoms with Gasteiger partial charge in [-0.2, -0.15) is 0 Å². The second-order valence-electron chi connectivity index (χ2n) is 11.1. The first kappa shape index (κ1) is 31.5. The highest BCUT2D eigenvalue weighted by Gasteiger charge is 2.20. The monoisotopic (exact) mass is 599 g/mol. The van der Waals surface area contributed by atoms with Crippen molar-refractivity contribution in [2.75, 3.05) is 17.7 Å². The van der Waals surface area contributed by atoms with E-state index in [1.54, 1.807) is 31.2 Å². The molecule has 0 aliphatic heterocycles. The van der Waals surface area contributed by atoms with Crippen LogP contribution in [-0.2, 0) is 21.5 Å². The fourth-order valence-corrected chi connectivity index (χ4v) is 5.11. The summed E-state index contributed by atoms with van der Waals surface area (Å²) in [6.45, 7) is 12.6. The van der Waals surface area contributed by atoms with Crippen molar-refractivity contribution in [3.8, 4) is 5.69 Å². The molecular formula is C33H37N5O4S. The van der Waals surface area contributed by atoms with Gasteiger partial charge in [0.2, 0.25) is 5.91 Å². The number of amides is 2. The van der Waals surface area contributed by atoms with E-state index in [-0.39, 0.29) is 29.5 Å². The second-order valence-corrected chi connectivity index (χ2v) is 12.0. The molecule has 2 amide bonds. The number of nitrogens with one attached hydrogen (secondary N) is 2. The van der Waals surface area contributed by atoms with Gasteiger partial charge in [-0.25, -0.2) is 4.79 Å². The third-order valence-electron chi connectivity index (χ3n) is 6.95. The van der Waals surface area contributed by atoms with E-state index in [2.05, 4.69) is 41.6 Å². The molecule has 9 nitrogen and oxygen atoms in total. The number of esters is 1. The predicted molar refractivity (Wildman–Crippen MR) is 169 cm³/mol. The summed E-state index contributed by atoms with van der Waals surface area (Å²) < 4.78 is 6.89. The van der Waals surface area contributed by atoms with Gasteiger partial charge in [-0.1, -0.05) is 56.8 Å². The zero-order chi connectivity index (χ0) is 31.1. The van der Waals surface area contributed by atoms with E-state index in [1.165, 1.54) is 11.8 Å². The molecule has 10 heteroatoms. The van der Waals surface area contributed by atoms with Crippen molar-refractivity contribution in [1.29, 1.82) is 0 Å². The van der Waals surface area contributed by atoms with Gasteiger partial charge in [0.25, 0.3) is 5.91 Å². The number of benzene rings is 3. The Morgan fingerprint density at radius 3 is 2.23 bits per heavy atom. The van der Waals surface area contributed by atoms with Crippen LogP contribution in [-0.4, -0.2) is 44.9 Å². The molecule has 0 saturated carbocycles. The largest absolute Gasteiger partial charge is 0.462 e. The van der Waals surface area contributed by atoms with Crippen LogP contribution >= 0.6 is 11.8 Å². The van der Waals surface area contributed by atoms with Gasteiger partial charge < -0.3 is 15.4 Å². The second kappa shape index (κ2) is 13.7. The molecule has 0 radical (unpaired) electrons. The summed E-state index contributed by atoms with van der Waals surface area (Å²) in [5.74, 6) is -0.232. The van der Waals surface area contributed by atoms with Crippen LogP contribution in [0.2, 0.25) is 0 Å². The maximum absolute atomic E-state index is 13.0. The topological polar surface area (TPSA) is 115 Å². The van der Waals surface area contributed by atoms with E-state index >= 15 is 0 Å². The Morgan fingerprint density at radius 1 is 0.907 bits per heavy atom. The smallest absolute Gasteiger partial charge is 0.338 e. The van der Waals surface area contributed by atoms with E-state index in [4.69, 9.17) is 4.74 Å². The fourth-order valence-electron chi connectivity index (χ4n) is 4.34. The van der Waals surface area contributed by atoms with Crippen LogP contribution in [0.3, 0.4) is 0 Å². The molecule has 0 aliphatic carbocycles. The van der Waals surface area contributed by atoms with Crippen molar-refractivity contribution >= 4 is 35.2 Å². The first-order valence-electron chi connectivity index (χ1n) is 14.1. The van der Waals surface area contributed by atoms with E-state index < -0.39 is 5.97 Å². The Bertz CT molecular complexity index is 1610. The summed E-state index contributed by atoms with van der Waals surface area (Å²) in [6.07, 6.45) is 0. The normalized spacial score (nSPS) is 11.2. The molecule has 0 unspecified atom stereocenters. The van der Waals surface area contributed by atoms with Crippen LogP contribution in [0.25, 0.3) is 5.69 Å². The SMILES string of the molecule is CCOC(=O)c1ccc(NC(=O)CSc2nnc(CNC(=O)c3ccc(C(C)(C)C)cc3)n2-c2cccc(C)c2C)cc1. The third kappa shape index (κ3) is 7.90. The molecule has 3 aromatic carbocycles. The summed E-state index contributed by atoms with van der Waals surface area (Å²) >= 11 is 1.24. The number of aryl methyl sites for hydroxylation is 1. The number of rotatable bonds is 10. The molecule has 1 heterocycles. The zero-order valence-electron chi connectivity index (χ0n) is 25.4. The number of aromatic nitrogens is 3. The highest BCUT2D eigenvalue weighted by Crippen LogP contribution is 2.26. The van der Waals surface area contributed by atoms with Gasteiger partial charge >= 0.3 is 5.97 Å². The summed E-state index contributed by atoms with van der Waals surface area (Å²) in [7, 11) is 0. The van der Waals surface area contributed by atoms with Gasteiger partial charge in [-0.05, 0) is 85.3 Å². The number of hydrogen-bond donors (Lipinski definition) is 2. The molecule has 0 bridgehead atoms. The summed E-state index contributed by atoms with van der Waals surface area (Å²) in [5.41, 5.74) is 5.70. The first-order chi connectivity index (χ1) is 20.5. The Labute approximate surface area is 256 Å². The molecule has 224 valence electrons. The molecule has 0 saturated heterocycles. The van der Waals surface area contributed by atoms with E-state index in [0.717, 1.165) is 22.4 Å². The van der Waals surface area contributed by atoms with Crippen molar-refractivity contribution < 1.29 is 19.1 Å². The minimum atomic E-state index is -0.410. The molecule has 4 aromatic rings. The van der Waals surface area contributed by atoms with Crippen molar-refractivity contribution in [1.82, 2.24) is 20.1 Å². The average molecular weight is 600 g/mol. The fraction of sp³-hybridized carbons (Fsp3) is 0.303. The maximum atomic E-state index is 13.0. The standard InChI is InChI=1S/C33H37N5O4S/c1-7-42-31(41)24-13-17-26(18-14-24)35-29(39)20-43-32-37-36-28(38(32)27-10-8-9-21(2)22(27)3)19-34-30(40)23-11-15-25(16-12-23)33(4,5)6/h8-18H,7,19-20H2,1-6H3,(H,34,40)(H,35,39). The van der Waals surface area contributed by atoms with E-state index in [1.807, 2.05) is 60.9 Å². The number of carbonyl (C=O) groups excluding carboxylic acids is 3. The van der Waals surface area contributed by atoms with Gasteiger partial charge in [0.1, 0.15) is 0 Å². The molecular weight excluding hydrogens is 562 g/mol. The number of thioether (sulfide) groups is 1. The minimum absolute atomic E-state index is 0.00316. The van der Waals surface area contributed by atoms with Gasteiger partial charge in [0.05, 0.1) is 30.2 Å². The van der Waals surface area contributed by atoms with E-state index in [9.17, 15) is 14.4 Å². The number of nitrogens with zero attached hydrogens (tertiary/aromatic N) is 3. The molecule has 0 aliphatic rings. The lowest BCUT2D eigenvalue weighted by molar-refractivity contribution is -0.113. The Balaban J connectivity index is 1.48. The maximum Gasteiger partial charge on any atom is 0.338 e. The molecule has 1 aromatic heterocycles. The predicted octanol–water partition coefficient (Wildman–Crippen LogP) is 6.02. The average Bonchev–Trinajstić information content (AvgIpc) is 3.38. The van der Waals surface area contributed by atoms with Crippen LogP contribution in [0.5, 0.6) is 0 Å². The van der Waals surface area contributed by atoms with Crippen molar-refractivity contribution in [3.63, 3.8) is 0 Å². The zero-order valence-corrected chi connectivity index (χ0v) is 26.2. The quantitative estimate of drug-likeness (QED) is 0.169. The number of ether oxygens (including phenoxy) is 1. The Kier molecular flexibility index (Phi) is 10.0. The van der Waals surface area contributed by atoms with Gasteiger partial charge in [-0.15, -0.1) is 10.2 Å². The van der Waals surface area contributed by atoms with Crippen molar-refractivity contribution in [3.05, 3.63) is 100 Å². The van der Waals surface area contributed by atoms with E-state index in [0.29, 0.717) is 34.4 Å². The first-order valence-corrected chi connectivity index (χ1v) is 15.1. The molecule has 0 fully saturated rings. The molecule has 0 spiro atoms. The lowest BCUT2D eigenvalue weighted by Gasteiger charge is -2.19. The van der Waals surface area contributed by atoms with Crippen LogP contribution in [0.1, 0.15) is 70.9 Å². The highest BCUT2D eigenvalue weighted by molar-refractivity contribution is 7.99. The van der Waals surface area contributed by atoms with Gasteiger partial charge in [0, 0.05) is 11.3 Å². The Morgan fingerprint density at radius 2 is 1.58 bits per heavy atom. The lowest BCUT2D eigenvalue weighted by atomic mass is 9.87. The van der Waals surface area contributed by atoms with Crippen LogP contribution in [0, 0.1) is 13.8 Å². The van der Waals surface area contributed by atoms with Crippen LogP contribution < -0.4 is 10.6 Å². The van der Waals surface area contributed by atoms with Crippen LogP contribution in [0.15, 0.2) is 71.9 Å². The van der Waals surface area contributed by atoms with Gasteiger partial charge in [-0.3, -0.25) is 14.2 Å². The summed E-state index contributed by atoms with van der Waals surface area (Å²) in [6, 6.07) is 20.1. The van der Waals surface area contributed by atoms with Gasteiger partial charge in [0.15, 0.2) is 11.0 Å².